The van der Waals surface area contributed by atoms with Crippen molar-refractivity contribution in [2.75, 3.05) is 24.5 Å². The van der Waals surface area contributed by atoms with Crippen LogP contribution in [0.25, 0.3) is 11.0 Å². The molecule has 1 unspecified atom stereocenters. The van der Waals surface area contributed by atoms with Crippen LogP contribution < -0.4 is 15.2 Å². The van der Waals surface area contributed by atoms with Crippen molar-refractivity contribution in [3.8, 4) is 11.8 Å². The van der Waals surface area contributed by atoms with Gasteiger partial charge < -0.3 is 14.2 Å². The minimum absolute atomic E-state index is 0.0752. The molecule has 5 rings (SSSR count). The first-order valence-electron chi connectivity index (χ1n) is 12.0. The first-order chi connectivity index (χ1) is 17.6. The summed E-state index contributed by atoms with van der Waals surface area (Å²) < 4.78 is 58.1. The molecule has 0 N–H and O–H groups in total. The highest BCUT2D eigenvalue weighted by atomic mass is 19.4. The highest BCUT2D eigenvalue weighted by molar-refractivity contribution is 5.88. The van der Waals surface area contributed by atoms with E-state index in [0.29, 0.717) is 41.9 Å². The van der Waals surface area contributed by atoms with Gasteiger partial charge in [-0.05, 0) is 43.9 Å². The van der Waals surface area contributed by atoms with Crippen molar-refractivity contribution in [1.82, 2.24) is 14.5 Å². The first-order valence-corrected chi connectivity index (χ1v) is 12.0. The monoisotopic (exact) mass is 515 g/mol. The molecule has 37 heavy (non-hydrogen) atoms. The van der Waals surface area contributed by atoms with Crippen LogP contribution in [0.4, 0.5) is 23.2 Å². The van der Waals surface area contributed by atoms with Crippen LogP contribution >= 0.6 is 0 Å². The fourth-order valence-electron chi connectivity index (χ4n) is 5.29. The molecule has 2 fully saturated rings. The number of hydrogen-bond donors (Lipinski definition) is 0. The van der Waals surface area contributed by atoms with E-state index >= 15 is 4.39 Å². The summed E-state index contributed by atoms with van der Waals surface area (Å²) in [5.74, 6) is -1.09. The van der Waals surface area contributed by atoms with E-state index in [0.717, 1.165) is 25.0 Å². The number of rotatable bonds is 5. The largest absolute Gasteiger partial charge is 0.573 e. The Bertz CT molecular complexity index is 1440. The second kappa shape index (κ2) is 9.34. The van der Waals surface area contributed by atoms with Crippen LogP contribution in [0, 0.1) is 23.1 Å². The Hall–Kier alpha value is -3.65. The molecular weight excluding hydrogens is 490 g/mol. The molecular formula is C26H25F4N5O2. The minimum atomic E-state index is -4.89. The molecule has 7 nitrogen and oxygen atoms in total. The van der Waals surface area contributed by atoms with E-state index in [2.05, 4.69) is 19.5 Å². The summed E-state index contributed by atoms with van der Waals surface area (Å²) in [6.45, 7) is 3.64. The van der Waals surface area contributed by atoms with E-state index in [1.165, 1.54) is 16.7 Å². The van der Waals surface area contributed by atoms with Gasteiger partial charge in [0.2, 0.25) is 0 Å². The Morgan fingerprint density at radius 1 is 1.16 bits per heavy atom. The second-order valence-electron chi connectivity index (χ2n) is 9.65. The zero-order valence-electron chi connectivity index (χ0n) is 20.3. The lowest BCUT2D eigenvalue weighted by Crippen LogP contribution is -2.53. The van der Waals surface area contributed by atoms with E-state index in [-0.39, 0.29) is 29.3 Å². The van der Waals surface area contributed by atoms with Gasteiger partial charge in [-0.15, -0.1) is 13.2 Å². The number of pyridine rings is 2. The standard InChI is InChI=1S/C26H25F4N5O2/c1-15-14-34(25(16-3-4-16)19-7-6-18(11-20(19)27)37-26(28,29)30)9-10-35(15)22-12-23(36)33(2)21-8-5-17(13-31)32-24(21)22/h5-8,11-12,15-16,25H,3-4,9-10,14H2,1-2H3/t15-,25?/m0/s1. The highest BCUT2D eigenvalue weighted by Crippen LogP contribution is 2.46. The van der Waals surface area contributed by atoms with Crippen molar-refractivity contribution in [3.05, 3.63) is 63.8 Å². The number of aromatic nitrogens is 2. The van der Waals surface area contributed by atoms with Crippen LogP contribution in [0.15, 0.2) is 41.2 Å². The Balaban J connectivity index is 1.43. The number of ether oxygens (including phenoxy) is 1. The van der Waals surface area contributed by atoms with Gasteiger partial charge in [-0.2, -0.15) is 5.26 Å². The molecule has 1 saturated carbocycles. The van der Waals surface area contributed by atoms with Gasteiger partial charge in [0.25, 0.3) is 5.56 Å². The maximum atomic E-state index is 15.0. The number of benzene rings is 1. The number of anilines is 1. The topological polar surface area (TPSA) is 74.4 Å². The lowest BCUT2D eigenvalue weighted by atomic mass is 9.97. The molecule has 0 spiro atoms. The van der Waals surface area contributed by atoms with Gasteiger partial charge in [-0.1, -0.05) is 6.07 Å². The summed E-state index contributed by atoms with van der Waals surface area (Å²) in [6.07, 6.45) is -3.06. The number of aryl methyl sites for hydroxylation is 1. The molecule has 0 amide bonds. The summed E-state index contributed by atoms with van der Waals surface area (Å²) in [5, 5.41) is 9.34. The van der Waals surface area contributed by atoms with Gasteiger partial charge in [0.1, 0.15) is 28.8 Å². The number of nitrogens with zero attached hydrogens (tertiary/aromatic N) is 5. The first kappa shape index (κ1) is 25.0. The van der Waals surface area contributed by atoms with Crippen LogP contribution in [0.2, 0.25) is 0 Å². The second-order valence-corrected chi connectivity index (χ2v) is 9.65. The van der Waals surface area contributed by atoms with Crippen molar-refractivity contribution in [1.29, 1.82) is 5.26 Å². The zero-order chi connectivity index (χ0) is 26.5. The van der Waals surface area contributed by atoms with Crippen molar-refractivity contribution < 1.29 is 22.3 Å². The summed E-state index contributed by atoms with van der Waals surface area (Å²) in [4.78, 5) is 21.4. The number of hydrogen-bond acceptors (Lipinski definition) is 6. The zero-order valence-corrected chi connectivity index (χ0v) is 20.3. The summed E-state index contributed by atoms with van der Waals surface area (Å²) in [7, 11) is 1.66. The molecule has 0 bridgehead atoms. The van der Waals surface area contributed by atoms with E-state index in [9.17, 15) is 23.2 Å². The molecule has 3 heterocycles. The van der Waals surface area contributed by atoms with E-state index in [4.69, 9.17) is 0 Å². The smallest absolute Gasteiger partial charge is 0.406 e. The molecule has 0 radical (unpaired) electrons. The van der Waals surface area contributed by atoms with Gasteiger partial charge in [0, 0.05) is 56.5 Å². The van der Waals surface area contributed by atoms with Crippen LogP contribution in [0.1, 0.15) is 37.1 Å². The fraction of sp³-hybridized carbons (Fsp3) is 0.423. The highest BCUT2D eigenvalue weighted by Gasteiger charge is 2.41. The van der Waals surface area contributed by atoms with Crippen molar-refractivity contribution in [2.45, 2.75) is 38.2 Å². The molecule has 11 heteroatoms. The molecule has 2 aromatic heterocycles. The van der Waals surface area contributed by atoms with E-state index in [1.807, 2.05) is 13.0 Å². The van der Waals surface area contributed by atoms with Crippen LogP contribution in [0.5, 0.6) is 5.75 Å². The summed E-state index contributed by atoms with van der Waals surface area (Å²) in [5.41, 5.74) is 2.24. The van der Waals surface area contributed by atoms with Gasteiger partial charge >= 0.3 is 6.36 Å². The number of alkyl halides is 3. The van der Waals surface area contributed by atoms with Gasteiger partial charge in [0.15, 0.2) is 0 Å². The molecule has 2 atom stereocenters. The molecule has 1 saturated heterocycles. The fourth-order valence-corrected chi connectivity index (χ4v) is 5.29. The maximum Gasteiger partial charge on any atom is 0.573 e. The molecule has 2 aliphatic rings. The average molecular weight is 516 g/mol. The number of piperazine rings is 1. The third-order valence-electron chi connectivity index (χ3n) is 7.14. The van der Waals surface area contributed by atoms with E-state index < -0.39 is 17.9 Å². The van der Waals surface area contributed by atoms with Crippen LogP contribution in [-0.2, 0) is 7.05 Å². The summed E-state index contributed by atoms with van der Waals surface area (Å²) in [6, 6.07) is 9.85. The third-order valence-corrected chi connectivity index (χ3v) is 7.14. The van der Waals surface area contributed by atoms with E-state index in [1.54, 1.807) is 19.2 Å². The third kappa shape index (κ3) is 4.98. The quantitative estimate of drug-likeness (QED) is 0.466. The van der Waals surface area contributed by atoms with Gasteiger partial charge in [-0.3, -0.25) is 9.69 Å². The number of nitriles is 1. The van der Waals surface area contributed by atoms with Crippen molar-refractivity contribution in [3.63, 3.8) is 0 Å². The average Bonchev–Trinajstić information content (AvgIpc) is 3.67. The van der Waals surface area contributed by atoms with Crippen LogP contribution in [-0.4, -0.2) is 46.5 Å². The predicted molar refractivity (Wildman–Crippen MR) is 129 cm³/mol. The van der Waals surface area contributed by atoms with Gasteiger partial charge in [0.05, 0.1) is 11.2 Å². The van der Waals surface area contributed by atoms with Crippen molar-refractivity contribution >= 4 is 16.7 Å². The molecule has 1 aliphatic carbocycles. The Morgan fingerprint density at radius 2 is 1.92 bits per heavy atom. The van der Waals surface area contributed by atoms with Crippen LogP contribution in [0.3, 0.4) is 0 Å². The maximum absolute atomic E-state index is 15.0. The number of fused-ring (bicyclic) bond motifs is 1. The Morgan fingerprint density at radius 3 is 2.54 bits per heavy atom. The Labute approximate surface area is 210 Å². The normalized spacial score (nSPS) is 19.6. The Kier molecular flexibility index (Phi) is 6.31. The SMILES string of the molecule is C[C@H]1CN(C(c2ccc(OC(F)(F)F)cc2F)C2CC2)CCN1c1cc(=O)n(C)c2ccc(C#N)nc12. The molecule has 1 aliphatic heterocycles. The molecule has 1 aromatic carbocycles. The van der Waals surface area contributed by atoms with Gasteiger partial charge in [-0.25, -0.2) is 9.37 Å². The summed E-state index contributed by atoms with van der Waals surface area (Å²) >= 11 is 0. The minimum Gasteiger partial charge on any atom is -0.406 e. The predicted octanol–water partition coefficient (Wildman–Crippen LogP) is 4.50. The van der Waals surface area contributed by atoms with Crippen molar-refractivity contribution in [2.24, 2.45) is 13.0 Å². The lowest BCUT2D eigenvalue weighted by molar-refractivity contribution is -0.274. The molecule has 194 valence electrons. The molecule has 3 aromatic rings. The number of halogens is 4. The lowest BCUT2D eigenvalue weighted by Gasteiger charge is -2.45.